The Morgan fingerprint density at radius 3 is 1.96 bits per heavy atom. The maximum atomic E-state index is 8.74. The van der Waals surface area contributed by atoms with Crippen molar-refractivity contribution < 1.29 is 33.4 Å². The molecule has 142 valence electrons. The highest BCUT2D eigenvalue weighted by Crippen LogP contribution is 2.33. The van der Waals surface area contributed by atoms with Crippen molar-refractivity contribution in [2.45, 2.75) is 18.9 Å². The second-order valence-corrected chi connectivity index (χ2v) is 6.35. The summed E-state index contributed by atoms with van der Waals surface area (Å²) in [6.07, 6.45) is 4.57. The van der Waals surface area contributed by atoms with Crippen molar-refractivity contribution in [3.63, 3.8) is 0 Å². The number of para-hydroxylation sites is 1. The molecule has 0 saturated heterocycles. The number of fused-ring (bicyclic) bond motifs is 1. The van der Waals surface area contributed by atoms with Gasteiger partial charge < -0.3 is 24.3 Å². The van der Waals surface area contributed by atoms with Gasteiger partial charge in [-0.1, -0.05) is 54.6 Å². The van der Waals surface area contributed by atoms with Gasteiger partial charge in [0.05, 0.1) is 0 Å². The smallest absolute Gasteiger partial charge is 0.314 e. The van der Waals surface area contributed by atoms with Crippen LogP contribution < -0.4 is 4.74 Å². The van der Waals surface area contributed by atoms with Gasteiger partial charge in [0.15, 0.2) is 0 Å². The van der Waals surface area contributed by atoms with Gasteiger partial charge in [0, 0.05) is 5.92 Å². The number of ether oxygens (including phenoxy) is 1. The maximum Gasteiger partial charge on any atom is 0.314 e. The zero-order valence-corrected chi connectivity index (χ0v) is 16.0. The minimum atomic E-state index is -3.13. The van der Waals surface area contributed by atoms with E-state index in [0.29, 0.717) is 5.92 Å². The van der Waals surface area contributed by atoms with Crippen LogP contribution in [-0.2, 0) is 9.13 Å². The topological polar surface area (TPSA) is 124 Å². The summed E-state index contributed by atoms with van der Waals surface area (Å²) in [4.78, 5) is 28.6. The first-order valence-corrected chi connectivity index (χ1v) is 10.2. The van der Waals surface area contributed by atoms with E-state index in [-0.39, 0.29) is 6.10 Å². The van der Waals surface area contributed by atoms with Gasteiger partial charge in [0.25, 0.3) is 0 Å². The Hall–Kier alpha value is -1.72. The van der Waals surface area contributed by atoms with E-state index >= 15 is 0 Å². The normalized spacial score (nSPS) is 15.4. The van der Waals surface area contributed by atoms with Gasteiger partial charge in [-0.3, -0.25) is 9.13 Å². The van der Waals surface area contributed by atoms with Crippen LogP contribution >= 0.6 is 16.5 Å². The fourth-order valence-electron chi connectivity index (χ4n) is 2.47. The first-order valence-electron chi connectivity index (χ1n) is 7.64. The summed E-state index contributed by atoms with van der Waals surface area (Å²) in [5.74, 6) is 1.28. The van der Waals surface area contributed by atoms with Crippen LogP contribution in [0.5, 0.6) is 5.75 Å². The molecule has 26 heavy (non-hydrogen) atoms. The number of hydrogen-bond acceptors (Lipinski definition) is 3. The quantitative estimate of drug-likeness (QED) is 0.584. The molecule has 4 N–H and O–H groups in total. The Balaban J connectivity index is 0.000000360. The summed E-state index contributed by atoms with van der Waals surface area (Å²) in [5, 5.41) is 0. The molecule has 1 aliphatic carbocycles. The fraction of sp³-hybridized carbons (Fsp3) is 0.176. The Labute approximate surface area is 153 Å². The molecule has 2 atom stereocenters. The maximum absolute atomic E-state index is 8.74. The fourth-order valence-corrected chi connectivity index (χ4v) is 2.47. The molecule has 0 bridgehead atoms. The van der Waals surface area contributed by atoms with E-state index in [1.54, 1.807) is 0 Å². The summed E-state index contributed by atoms with van der Waals surface area (Å²) < 4.78 is 23.5. The van der Waals surface area contributed by atoms with Crippen LogP contribution in [-0.4, -0.2) is 25.7 Å². The lowest BCUT2D eigenvalue weighted by Gasteiger charge is -2.21. The first-order chi connectivity index (χ1) is 12.3. The van der Waals surface area contributed by atoms with Crippen molar-refractivity contribution in [3.8, 4) is 5.75 Å². The molecule has 3 rings (SSSR count). The van der Waals surface area contributed by atoms with Crippen molar-refractivity contribution in [3.05, 3.63) is 71.8 Å². The van der Waals surface area contributed by atoms with Gasteiger partial charge in [-0.15, -0.1) is 0 Å². The van der Waals surface area contributed by atoms with Gasteiger partial charge in [-0.2, -0.15) is 0 Å². The largest absolute Gasteiger partial charge is 0.490 e. The average molecular weight is 400 g/mol. The molecule has 0 aliphatic heterocycles. The lowest BCUT2D eigenvalue weighted by atomic mass is 9.96. The Morgan fingerprint density at radius 2 is 1.38 bits per heavy atom. The highest BCUT2D eigenvalue weighted by Gasteiger charge is 2.23. The highest BCUT2D eigenvalue weighted by molar-refractivity contribution is 7.31. The number of rotatable bonds is 3. The molecule has 2 unspecified atom stereocenters. The van der Waals surface area contributed by atoms with E-state index in [0.717, 1.165) is 5.75 Å². The van der Waals surface area contributed by atoms with Crippen molar-refractivity contribution in [2.75, 3.05) is 0 Å². The lowest BCUT2D eigenvalue weighted by Crippen LogP contribution is -2.19. The summed E-state index contributed by atoms with van der Waals surface area (Å²) in [5.41, 5.74) is 2.67. The van der Waals surface area contributed by atoms with E-state index in [1.807, 2.05) is 30.3 Å². The van der Waals surface area contributed by atoms with E-state index < -0.39 is 16.5 Å². The van der Waals surface area contributed by atoms with Crippen LogP contribution in [0.15, 0.2) is 60.7 Å². The third kappa shape index (κ3) is 8.59. The Bertz CT molecular complexity index is 730. The standard InChI is InChI=1S/C17H16O.2H3O3P/c1-13(18-15-8-3-2-4-9-15)16-12-11-14-7-5-6-10-17(14)16;2*1-4(2)3/h2-13,16H,1H3;2*4H,(H2,1,2,3). The number of benzene rings is 2. The molecular weight excluding hydrogens is 378 g/mol. The van der Waals surface area contributed by atoms with E-state index in [1.165, 1.54) is 11.1 Å². The molecule has 0 heterocycles. The van der Waals surface area contributed by atoms with Crippen molar-refractivity contribution in [1.82, 2.24) is 0 Å². The molecule has 9 heteroatoms. The molecule has 0 radical (unpaired) electrons. The summed E-state index contributed by atoms with van der Waals surface area (Å²) >= 11 is 0. The van der Waals surface area contributed by atoms with Gasteiger partial charge in [-0.05, 0) is 30.2 Å². The molecule has 1 aliphatic rings. The van der Waals surface area contributed by atoms with Crippen molar-refractivity contribution in [2.24, 2.45) is 0 Å². The van der Waals surface area contributed by atoms with Crippen LogP contribution in [0, 0.1) is 0 Å². The molecule has 0 saturated carbocycles. The minimum Gasteiger partial charge on any atom is -0.490 e. The van der Waals surface area contributed by atoms with Gasteiger partial charge in [0.1, 0.15) is 11.9 Å². The molecule has 2 aromatic carbocycles. The second kappa shape index (κ2) is 11.8. The van der Waals surface area contributed by atoms with Crippen LogP contribution in [0.3, 0.4) is 0 Å². The molecule has 7 nitrogen and oxygen atoms in total. The summed E-state index contributed by atoms with van der Waals surface area (Å²) in [6, 6.07) is 18.5. The van der Waals surface area contributed by atoms with E-state index in [9.17, 15) is 0 Å². The average Bonchev–Trinajstić information content (AvgIpc) is 2.99. The SMILES string of the molecule is CC(Oc1ccccc1)C1C=Cc2ccccc21.O=[PH](O)O.O=[PH](O)O. The Kier molecular flexibility index (Phi) is 10.1. The Morgan fingerprint density at radius 1 is 0.885 bits per heavy atom. The zero-order valence-electron chi connectivity index (χ0n) is 14.0. The molecule has 0 aromatic heterocycles. The molecule has 0 spiro atoms. The lowest BCUT2D eigenvalue weighted by molar-refractivity contribution is 0.206. The van der Waals surface area contributed by atoms with Gasteiger partial charge in [0.2, 0.25) is 0 Å². The van der Waals surface area contributed by atoms with Gasteiger partial charge >= 0.3 is 16.5 Å². The van der Waals surface area contributed by atoms with Crippen LogP contribution in [0.4, 0.5) is 0 Å². The highest BCUT2D eigenvalue weighted by atomic mass is 31.1. The first kappa shape index (κ1) is 22.3. The van der Waals surface area contributed by atoms with Crippen LogP contribution in [0.1, 0.15) is 24.0 Å². The van der Waals surface area contributed by atoms with Gasteiger partial charge in [-0.25, -0.2) is 0 Å². The van der Waals surface area contributed by atoms with E-state index in [2.05, 4.69) is 43.3 Å². The van der Waals surface area contributed by atoms with Crippen molar-refractivity contribution >= 4 is 22.6 Å². The molecule has 0 fully saturated rings. The zero-order chi connectivity index (χ0) is 19.5. The third-order valence-electron chi connectivity index (χ3n) is 3.41. The van der Waals surface area contributed by atoms with Crippen LogP contribution in [0.25, 0.3) is 6.08 Å². The molecule has 0 amide bonds. The number of hydrogen-bond donors (Lipinski definition) is 4. The summed E-state index contributed by atoms with van der Waals surface area (Å²) in [7, 11) is -6.26. The summed E-state index contributed by atoms with van der Waals surface area (Å²) in [6.45, 7) is 2.13. The third-order valence-corrected chi connectivity index (χ3v) is 3.41. The van der Waals surface area contributed by atoms with E-state index in [4.69, 9.17) is 33.4 Å². The second-order valence-electron chi connectivity index (χ2n) is 5.21. The monoisotopic (exact) mass is 400 g/mol. The minimum absolute atomic E-state index is 0.146. The molecular formula is C17H22O7P2. The predicted molar refractivity (Wildman–Crippen MR) is 102 cm³/mol. The van der Waals surface area contributed by atoms with Crippen LogP contribution in [0.2, 0.25) is 0 Å². The molecule has 2 aromatic rings. The predicted octanol–water partition coefficient (Wildman–Crippen LogP) is 2.99. The van der Waals surface area contributed by atoms with Crippen molar-refractivity contribution in [1.29, 1.82) is 0 Å².